The Balaban J connectivity index is 1.74. The fourth-order valence-corrected chi connectivity index (χ4v) is 4.29. The number of carbonyl (C=O) groups excluding carboxylic acids is 2. The summed E-state index contributed by atoms with van der Waals surface area (Å²) >= 11 is 3.27. The fraction of sp³-hybridized carbons (Fsp3) is 0.167. The van der Waals surface area contributed by atoms with Crippen LogP contribution in [0.25, 0.3) is 0 Å². The van der Waals surface area contributed by atoms with Crippen molar-refractivity contribution in [2.45, 2.75) is 12.5 Å². The number of nitrogens with zero attached hydrogens (tertiary/aromatic N) is 1. The van der Waals surface area contributed by atoms with E-state index in [1.54, 1.807) is 50.6 Å². The number of benzene rings is 3. The van der Waals surface area contributed by atoms with Gasteiger partial charge in [0.05, 0.1) is 12.8 Å². The maximum absolute atomic E-state index is 13.3. The maximum Gasteiger partial charge on any atom is 0.330 e. The van der Waals surface area contributed by atoms with E-state index in [4.69, 9.17) is 4.74 Å². The summed E-state index contributed by atoms with van der Waals surface area (Å²) in [4.78, 5) is 27.3. The summed E-state index contributed by atoms with van der Waals surface area (Å²) in [6.07, 6.45) is 0.160. The van der Waals surface area contributed by atoms with Crippen molar-refractivity contribution in [3.05, 3.63) is 88.9 Å². The van der Waals surface area contributed by atoms with E-state index in [9.17, 15) is 18.0 Å². The molecule has 0 radical (unpaired) electrons. The van der Waals surface area contributed by atoms with E-state index in [1.165, 1.54) is 17.0 Å². The van der Waals surface area contributed by atoms with Crippen LogP contribution in [0.3, 0.4) is 0 Å². The summed E-state index contributed by atoms with van der Waals surface area (Å²) < 4.78 is 34.9. The van der Waals surface area contributed by atoms with Crippen molar-refractivity contribution in [1.82, 2.24) is 10.0 Å². The van der Waals surface area contributed by atoms with Crippen molar-refractivity contribution in [3.8, 4) is 5.75 Å². The van der Waals surface area contributed by atoms with Crippen LogP contribution in [-0.4, -0.2) is 40.6 Å². The molecule has 11 heteroatoms. The number of hydrogen-bond acceptors (Lipinski definition) is 5. The van der Waals surface area contributed by atoms with Crippen molar-refractivity contribution in [2.75, 3.05) is 23.8 Å². The standard InChI is InChI=1S/C24H25BrN4O5S/c1-29(20-12-14-21(34-2)15-13-20)23(30)22(16-17-6-4-3-5-7-17)26-24(31)28-35(32,33)27-19-10-8-18(25)9-11-19/h3-15,22,27H,16H2,1-2H3,(H2,26,28,31). The number of amides is 3. The molecule has 0 bridgehead atoms. The first-order valence-electron chi connectivity index (χ1n) is 10.5. The first-order valence-corrected chi connectivity index (χ1v) is 12.8. The average molecular weight is 561 g/mol. The van der Waals surface area contributed by atoms with Gasteiger partial charge in [-0.1, -0.05) is 46.3 Å². The number of halogens is 1. The van der Waals surface area contributed by atoms with Gasteiger partial charge in [-0.25, -0.2) is 9.52 Å². The third-order valence-electron chi connectivity index (χ3n) is 5.00. The highest BCUT2D eigenvalue weighted by atomic mass is 79.9. The van der Waals surface area contributed by atoms with Crippen LogP contribution in [0.2, 0.25) is 0 Å². The lowest BCUT2D eigenvalue weighted by atomic mass is 10.0. The molecule has 3 N–H and O–H groups in total. The summed E-state index contributed by atoms with van der Waals surface area (Å²) in [5.41, 5.74) is 1.65. The molecule has 3 rings (SSSR count). The molecule has 9 nitrogen and oxygen atoms in total. The number of likely N-dealkylation sites (N-methyl/N-ethyl adjacent to an activating group) is 1. The molecule has 0 saturated carbocycles. The number of anilines is 2. The van der Waals surface area contributed by atoms with Crippen LogP contribution in [-0.2, 0) is 21.4 Å². The van der Waals surface area contributed by atoms with Gasteiger partial charge in [-0.2, -0.15) is 8.42 Å². The Morgan fingerprint density at radius 2 is 1.60 bits per heavy atom. The number of carbonyl (C=O) groups is 2. The van der Waals surface area contributed by atoms with Gasteiger partial charge in [0.2, 0.25) is 5.91 Å². The summed E-state index contributed by atoms with van der Waals surface area (Å²) in [6, 6.07) is 20.3. The Bertz CT molecular complexity index is 1250. The van der Waals surface area contributed by atoms with Crippen molar-refractivity contribution < 1.29 is 22.7 Å². The molecule has 0 heterocycles. The van der Waals surface area contributed by atoms with Gasteiger partial charge in [0.15, 0.2) is 0 Å². The van der Waals surface area contributed by atoms with Crippen LogP contribution in [0, 0.1) is 0 Å². The maximum atomic E-state index is 13.3. The van der Waals surface area contributed by atoms with E-state index < -0.39 is 28.2 Å². The molecular formula is C24H25BrN4O5S. The van der Waals surface area contributed by atoms with Gasteiger partial charge in [0.25, 0.3) is 0 Å². The second-order valence-electron chi connectivity index (χ2n) is 7.53. The van der Waals surface area contributed by atoms with Crippen LogP contribution >= 0.6 is 15.9 Å². The zero-order valence-corrected chi connectivity index (χ0v) is 21.5. The number of urea groups is 1. The average Bonchev–Trinajstić information content (AvgIpc) is 2.84. The number of hydrogen-bond donors (Lipinski definition) is 3. The lowest BCUT2D eigenvalue weighted by Gasteiger charge is -2.25. The van der Waals surface area contributed by atoms with E-state index in [-0.39, 0.29) is 12.1 Å². The number of nitrogens with one attached hydrogen (secondary N) is 3. The van der Waals surface area contributed by atoms with Crippen molar-refractivity contribution in [3.63, 3.8) is 0 Å². The molecular weight excluding hydrogens is 536 g/mol. The molecule has 0 aliphatic heterocycles. The first kappa shape index (κ1) is 26.0. The molecule has 0 aliphatic rings. The monoisotopic (exact) mass is 560 g/mol. The van der Waals surface area contributed by atoms with Crippen LogP contribution < -0.4 is 24.4 Å². The third kappa shape index (κ3) is 7.72. The van der Waals surface area contributed by atoms with Crippen LogP contribution in [0.5, 0.6) is 5.75 Å². The molecule has 184 valence electrons. The van der Waals surface area contributed by atoms with Crippen molar-refractivity contribution in [1.29, 1.82) is 0 Å². The van der Waals surface area contributed by atoms with Crippen LogP contribution in [0.4, 0.5) is 16.2 Å². The summed E-state index contributed by atoms with van der Waals surface area (Å²) in [5.74, 6) is 0.212. The van der Waals surface area contributed by atoms with Gasteiger partial charge in [-0.3, -0.25) is 9.52 Å². The van der Waals surface area contributed by atoms with E-state index in [2.05, 4.69) is 26.0 Å². The van der Waals surface area contributed by atoms with E-state index in [0.29, 0.717) is 11.4 Å². The minimum absolute atomic E-state index is 0.160. The minimum Gasteiger partial charge on any atom is -0.497 e. The van der Waals surface area contributed by atoms with Gasteiger partial charge in [-0.15, -0.1) is 0 Å². The predicted octanol–water partition coefficient (Wildman–Crippen LogP) is 3.69. The predicted molar refractivity (Wildman–Crippen MR) is 139 cm³/mol. The molecule has 0 fully saturated rings. The van der Waals surface area contributed by atoms with E-state index in [0.717, 1.165) is 10.0 Å². The topological polar surface area (TPSA) is 117 Å². The molecule has 0 saturated heterocycles. The third-order valence-corrected chi connectivity index (χ3v) is 6.49. The Kier molecular flexibility index (Phi) is 8.72. The molecule has 0 aromatic heterocycles. The largest absolute Gasteiger partial charge is 0.497 e. The molecule has 1 atom stereocenters. The quantitative estimate of drug-likeness (QED) is 0.369. The molecule has 0 aliphatic carbocycles. The van der Waals surface area contributed by atoms with Gasteiger partial charge >= 0.3 is 16.2 Å². The Morgan fingerprint density at radius 1 is 0.971 bits per heavy atom. The fourth-order valence-electron chi connectivity index (χ4n) is 3.23. The van der Waals surface area contributed by atoms with E-state index in [1.807, 2.05) is 35.1 Å². The normalized spacial score (nSPS) is 11.7. The molecule has 0 spiro atoms. The summed E-state index contributed by atoms with van der Waals surface area (Å²) in [7, 11) is -1.12. The minimum atomic E-state index is -4.24. The van der Waals surface area contributed by atoms with Gasteiger partial charge in [0.1, 0.15) is 11.8 Å². The first-order chi connectivity index (χ1) is 16.7. The van der Waals surface area contributed by atoms with Crippen LogP contribution in [0.1, 0.15) is 5.56 Å². The Labute approximate surface area is 212 Å². The van der Waals surface area contributed by atoms with Gasteiger partial charge in [-0.05, 0) is 54.1 Å². The highest BCUT2D eigenvalue weighted by molar-refractivity contribution is 9.10. The Hall–Kier alpha value is -3.57. The smallest absolute Gasteiger partial charge is 0.330 e. The molecule has 3 aromatic rings. The molecule has 3 amide bonds. The van der Waals surface area contributed by atoms with Gasteiger partial charge < -0.3 is 15.0 Å². The molecule has 3 aromatic carbocycles. The Morgan fingerprint density at radius 3 is 2.20 bits per heavy atom. The number of methoxy groups -OCH3 is 1. The van der Waals surface area contributed by atoms with E-state index >= 15 is 0 Å². The van der Waals surface area contributed by atoms with Crippen molar-refractivity contribution in [2.24, 2.45) is 0 Å². The highest BCUT2D eigenvalue weighted by Crippen LogP contribution is 2.19. The number of rotatable bonds is 9. The molecule has 35 heavy (non-hydrogen) atoms. The number of ether oxygens (including phenoxy) is 1. The second-order valence-corrected chi connectivity index (χ2v) is 9.86. The van der Waals surface area contributed by atoms with Gasteiger partial charge in [0, 0.05) is 23.6 Å². The SMILES string of the molecule is COc1ccc(N(C)C(=O)C(Cc2ccccc2)NC(=O)NS(=O)(=O)Nc2ccc(Br)cc2)cc1. The second kappa shape index (κ2) is 11.7. The zero-order chi connectivity index (χ0) is 25.4. The molecule has 1 unspecified atom stereocenters. The highest BCUT2D eigenvalue weighted by Gasteiger charge is 2.27. The zero-order valence-electron chi connectivity index (χ0n) is 19.1. The van der Waals surface area contributed by atoms with Crippen LogP contribution in [0.15, 0.2) is 83.3 Å². The van der Waals surface area contributed by atoms with Crippen molar-refractivity contribution >= 4 is 49.5 Å². The summed E-state index contributed by atoms with van der Waals surface area (Å²) in [5, 5.41) is 2.50. The summed E-state index contributed by atoms with van der Waals surface area (Å²) in [6.45, 7) is 0. The lowest BCUT2D eigenvalue weighted by molar-refractivity contribution is -0.120. The lowest BCUT2D eigenvalue weighted by Crippen LogP contribution is -2.53.